The molecule has 0 bridgehead atoms. The van der Waals surface area contributed by atoms with E-state index in [-0.39, 0.29) is 5.91 Å². The Hall–Kier alpha value is -2.72. The molecule has 1 heterocycles. The second-order valence-corrected chi connectivity index (χ2v) is 6.93. The zero-order valence-electron chi connectivity index (χ0n) is 13.5. The van der Waals surface area contributed by atoms with Gasteiger partial charge in [0.2, 0.25) is 0 Å². The minimum atomic E-state index is -0.115. The van der Waals surface area contributed by atoms with Crippen LogP contribution in [-0.2, 0) is 0 Å². The summed E-state index contributed by atoms with van der Waals surface area (Å²) in [5, 5.41) is 5.92. The lowest BCUT2D eigenvalue weighted by Crippen LogP contribution is -2.13. The number of thiazole rings is 1. The highest BCUT2D eigenvalue weighted by atomic mass is 32.1. The van der Waals surface area contributed by atoms with Crippen molar-refractivity contribution < 1.29 is 4.79 Å². The molecule has 0 aliphatic carbocycles. The summed E-state index contributed by atoms with van der Waals surface area (Å²) < 4.78 is 1.10. The van der Waals surface area contributed by atoms with Gasteiger partial charge in [0.05, 0.1) is 10.2 Å². The molecule has 0 spiro atoms. The summed E-state index contributed by atoms with van der Waals surface area (Å²) in [6.45, 7) is 3.97. The summed E-state index contributed by atoms with van der Waals surface area (Å²) in [7, 11) is 0. The van der Waals surface area contributed by atoms with E-state index in [2.05, 4.69) is 28.5 Å². The summed E-state index contributed by atoms with van der Waals surface area (Å²) in [5.74, 6) is -0.115. The van der Waals surface area contributed by atoms with Crippen LogP contribution in [-0.4, -0.2) is 10.9 Å². The highest BCUT2D eigenvalue weighted by Gasteiger charge is 2.13. The SMILES string of the molecule is Cc1ccc(C(=O)Nc2nc3ccc4ccccc4c3s2)c(C)c1. The summed E-state index contributed by atoms with van der Waals surface area (Å²) in [4.78, 5) is 17.1. The molecule has 24 heavy (non-hydrogen) atoms. The van der Waals surface area contributed by atoms with E-state index in [1.54, 1.807) is 0 Å². The minimum Gasteiger partial charge on any atom is -0.298 e. The molecular formula is C20H16N2OS. The molecule has 118 valence electrons. The number of aryl methyl sites for hydroxylation is 2. The van der Waals surface area contributed by atoms with Gasteiger partial charge in [-0.05, 0) is 36.9 Å². The number of amides is 1. The van der Waals surface area contributed by atoms with Crippen LogP contribution in [0.15, 0.2) is 54.6 Å². The van der Waals surface area contributed by atoms with Crippen molar-refractivity contribution in [2.45, 2.75) is 13.8 Å². The molecule has 0 saturated heterocycles. The van der Waals surface area contributed by atoms with Crippen LogP contribution in [0, 0.1) is 13.8 Å². The van der Waals surface area contributed by atoms with Crippen LogP contribution >= 0.6 is 11.3 Å². The number of fused-ring (bicyclic) bond motifs is 3. The summed E-state index contributed by atoms with van der Waals surface area (Å²) in [6, 6.07) is 18.1. The van der Waals surface area contributed by atoms with E-state index >= 15 is 0 Å². The Morgan fingerprint density at radius 1 is 1.04 bits per heavy atom. The summed E-state index contributed by atoms with van der Waals surface area (Å²) >= 11 is 1.52. The number of hydrogen-bond donors (Lipinski definition) is 1. The van der Waals surface area contributed by atoms with Crippen molar-refractivity contribution in [2.75, 3.05) is 5.32 Å². The number of hydrogen-bond acceptors (Lipinski definition) is 3. The molecule has 4 aromatic rings. The van der Waals surface area contributed by atoms with Gasteiger partial charge in [-0.15, -0.1) is 0 Å². The molecule has 4 heteroatoms. The van der Waals surface area contributed by atoms with E-state index in [1.165, 1.54) is 22.1 Å². The molecule has 0 unspecified atom stereocenters. The molecule has 0 aliphatic heterocycles. The van der Waals surface area contributed by atoms with Crippen LogP contribution in [0.4, 0.5) is 5.13 Å². The van der Waals surface area contributed by atoms with Gasteiger partial charge in [-0.2, -0.15) is 0 Å². The lowest BCUT2D eigenvalue weighted by atomic mass is 10.1. The van der Waals surface area contributed by atoms with E-state index in [9.17, 15) is 4.79 Å². The Kier molecular flexibility index (Phi) is 3.54. The fourth-order valence-corrected chi connectivity index (χ4v) is 3.94. The lowest BCUT2D eigenvalue weighted by Gasteiger charge is -2.06. The quantitative estimate of drug-likeness (QED) is 0.540. The van der Waals surface area contributed by atoms with Crippen LogP contribution in [0.1, 0.15) is 21.5 Å². The van der Waals surface area contributed by atoms with Crippen molar-refractivity contribution in [1.82, 2.24) is 4.98 Å². The summed E-state index contributed by atoms with van der Waals surface area (Å²) in [6.07, 6.45) is 0. The van der Waals surface area contributed by atoms with Gasteiger partial charge >= 0.3 is 0 Å². The molecular weight excluding hydrogens is 316 g/mol. The third-order valence-corrected chi connectivity index (χ3v) is 5.15. The largest absolute Gasteiger partial charge is 0.298 e. The van der Waals surface area contributed by atoms with Gasteiger partial charge < -0.3 is 0 Å². The number of nitrogens with one attached hydrogen (secondary N) is 1. The fraction of sp³-hybridized carbons (Fsp3) is 0.100. The molecule has 0 saturated carbocycles. The Morgan fingerprint density at radius 2 is 1.88 bits per heavy atom. The zero-order valence-corrected chi connectivity index (χ0v) is 14.3. The highest BCUT2D eigenvalue weighted by molar-refractivity contribution is 7.23. The number of benzene rings is 3. The topological polar surface area (TPSA) is 42.0 Å². The maximum absolute atomic E-state index is 12.5. The monoisotopic (exact) mass is 332 g/mol. The molecule has 0 radical (unpaired) electrons. The number of aromatic nitrogens is 1. The molecule has 0 aliphatic rings. The Labute approximate surface area is 144 Å². The van der Waals surface area contributed by atoms with Gasteiger partial charge in [-0.1, -0.05) is 59.4 Å². The number of carbonyl (C=O) groups excluding carboxylic acids is 1. The summed E-state index contributed by atoms with van der Waals surface area (Å²) in [5.41, 5.74) is 3.72. The maximum Gasteiger partial charge on any atom is 0.257 e. The minimum absolute atomic E-state index is 0.115. The average Bonchev–Trinajstić information content (AvgIpc) is 2.97. The van der Waals surface area contributed by atoms with E-state index < -0.39 is 0 Å². The number of nitrogens with zero attached hydrogens (tertiary/aromatic N) is 1. The van der Waals surface area contributed by atoms with Crippen molar-refractivity contribution in [3.8, 4) is 0 Å². The van der Waals surface area contributed by atoms with Gasteiger partial charge in [0, 0.05) is 10.9 Å². The van der Waals surface area contributed by atoms with E-state index in [4.69, 9.17) is 0 Å². The third-order valence-electron chi connectivity index (χ3n) is 4.13. The van der Waals surface area contributed by atoms with Crippen LogP contribution in [0.3, 0.4) is 0 Å². The Morgan fingerprint density at radius 3 is 2.71 bits per heavy atom. The third kappa shape index (κ3) is 2.55. The van der Waals surface area contributed by atoms with Crippen molar-refractivity contribution in [3.63, 3.8) is 0 Å². The van der Waals surface area contributed by atoms with E-state index in [0.717, 1.165) is 21.3 Å². The van der Waals surface area contributed by atoms with Crippen molar-refractivity contribution in [1.29, 1.82) is 0 Å². The van der Waals surface area contributed by atoms with Gasteiger partial charge in [0.25, 0.3) is 5.91 Å². The first-order valence-corrected chi connectivity index (χ1v) is 8.60. The number of rotatable bonds is 2. The molecule has 4 rings (SSSR count). The Bertz CT molecular complexity index is 1080. The molecule has 1 amide bonds. The predicted octanol–water partition coefficient (Wildman–Crippen LogP) is 5.32. The van der Waals surface area contributed by atoms with Crippen LogP contribution in [0.5, 0.6) is 0 Å². The molecule has 1 aromatic heterocycles. The number of carbonyl (C=O) groups is 1. The van der Waals surface area contributed by atoms with E-state index in [0.29, 0.717) is 10.7 Å². The van der Waals surface area contributed by atoms with Crippen LogP contribution in [0.25, 0.3) is 21.0 Å². The second kappa shape index (κ2) is 5.73. The Balaban J connectivity index is 1.72. The normalized spacial score (nSPS) is 11.1. The van der Waals surface area contributed by atoms with Crippen molar-refractivity contribution >= 4 is 43.4 Å². The van der Waals surface area contributed by atoms with Crippen molar-refractivity contribution in [3.05, 3.63) is 71.3 Å². The first-order chi connectivity index (χ1) is 11.6. The lowest BCUT2D eigenvalue weighted by molar-refractivity contribution is 0.102. The molecule has 1 N–H and O–H groups in total. The van der Waals surface area contributed by atoms with Gasteiger partial charge in [-0.25, -0.2) is 4.98 Å². The molecule has 0 atom stereocenters. The first-order valence-electron chi connectivity index (χ1n) is 7.79. The average molecular weight is 332 g/mol. The fourth-order valence-electron chi connectivity index (χ4n) is 2.94. The zero-order chi connectivity index (χ0) is 16.7. The van der Waals surface area contributed by atoms with Crippen molar-refractivity contribution in [2.24, 2.45) is 0 Å². The molecule has 3 aromatic carbocycles. The van der Waals surface area contributed by atoms with Gasteiger partial charge in [0.1, 0.15) is 0 Å². The van der Waals surface area contributed by atoms with Gasteiger partial charge in [-0.3, -0.25) is 10.1 Å². The van der Waals surface area contributed by atoms with Gasteiger partial charge in [0.15, 0.2) is 5.13 Å². The maximum atomic E-state index is 12.5. The van der Waals surface area contributed by atoms with E-state index in [1.807, 2.05) is 50.2 Å². The molecule has 3 nitrogen and oxygen atoms in total. The molecule has 0 fully saturated rings. The second-order valence-electron chi connectivity index (χ2n) is 5.93. The highest BCUT2D eigenvalue weighted by Crippen LogP contribution is 2.32. The standard InChI is InChI=1S/C20H16N2OS/c1-12-7-9-15(13(2)11-12)19(23)22-20-21-17-10-8-14-5-3-4-6-16(14)18(17)24-20/h3-11H,1-2H3,(H,21,22,23). The number of anilines is 1. The predicted molar refractivity (Wildman–Crippen MR) is 101 cm³/mol. The first kappa shape index (κ1) is 14.8. The smallest absolute Gasteiger partial charge is 0.257 e. The van der Waals surface area contributed by atoms with Crippen LogP contribution in [0.2, 0.25) is 0 Å². The van der Waals surface area contributed by atoms with Crippen LogP contribution < -0.4 is 5.32 Å².